The summed E-state index contributed by atoms with van der Waals surface area (Å²) < 4.78 is 21.7. The lowest BCUT2D eigenvalue weighted by Gasteiger charge is -2.09. The maximum Gasteiger partial charge on any atom is 0.231 e. The number of halogens is 1. The number of fused-ring (bicyclic) bond motifs is 1. The van der Waals surface area contributed by atoms with Gasteiger partial charge in [0.25, 0.3) is 0 Å². The van der Waals surface area contributed by atoms with E-state index >= 15 is 0 Å². The van der Waals surface area contributed by atoms with E-state index in [0.717, 1.165) is 5.56 Å². The lowest BCUT2D eigenvalue weighted by atomic mass is 10.2. The number of methoxy groups -OCH3 is 1. The fraction of sp³-hybridized carbons (Fsp3) is 0.235. The number of hydrogen-bond acceptors (Lipinski definition) is 5. The number of hydrogen-bond donors (Lipinski definition) is 0. The van der Waals surface area contributed by atoms with Crippen molar-refractivity contribution >= 4 is 23.5 Å². The lowest BCUT2D eigenvalue weighted by Crippen LogP contribution is -1.96. The normalized spacial score (nSPS) is 12.7. The largest absolute Gasteiger partial charge is 0.494 e. The molecule has 0 spiro atoms. The summed E-state index contributed by atoms with van der Waals surface area (Å²) in [6, 6.07) is 8.92. The molecular weight excluding hydrogens is 318 g/mol. The van der Waals surface area contributed by atoms with Gasteiger partial charge in [-0.05, 0) is 31.2 Å². The molecule has 120 valence electrons. The van der Waals surface area contributed by atoms with Crippen molar-refractivity contribution in [2.75, 3.05) is 20.5 Å². The molecule has 0 amide bonds. The summed E-state index contributed by atoms with van der Waals surface area (Å²) in [5.74, 6) is 2.67. The van der Waals surface area contributed by atoms with Crippen molar-refractivity contribution in [1.29, 1.82) is 0 Å². The summed E-state index contributed by atoms with van der Waals surface area (Å²) in [5, 5.41) is 0.591. The minimum absolute atomic E-state index is 0.212. The quantitative estimate of drug-likeness (QED) is 0.768. The first-order chi connectivity index (χ1) is 11.2. The van der Waals surface area contributed by atoms with Crippen LogP contribution >= 0.6 is 11.6 Å². The molecular formula is C17H16ClNO4. The van der Waals surface area contributed by atoms with Crippen molar-refractivity contribution < 1.29 is 18.9 Å². The molecule has 0 saturated heterocycles. The number of rotatable bonds is 5. The van der Waals surface area contributed by atoms with Gasteiger partial charge in [0.2, 0.25) is 6.79 Å². The predicted octanol–water partition coefficient (Wildman–Crippen LogP) is 4.23. The second-order valence-electron chi connectivity index (χ2n) is 4.75. The Morgan fingerprint density at radius 3 is 2.70 bits per heavy atom. The van der Waals surface area contributed by atoms with E-state index in [9.17, 15) is 0 Å². The first-order valence-electron chi connectivity index (χ1n) is 7.15. The van der Waals surface area contributed by atoms with Crippen LogP contribution in [0.1, 0.15) is 12.5 Å². The number of benzene rings is 2. The van der Waals surface area contributed by atoms with E-state index in [1.807, 2.05) is 19.1 Å². The Hall–Kier alpha value is -2.40. The standard InChI is InChI=1S/C17H16ClNO4/c1-3-21-15-8-17-16(22-10-23-17)6-11(15)9-19-13-7-12(18)4-5-14(13)20-2/h4-9H,3,10H2,1-2H3. The average Bonchev–Trinajstić information content (AvgIpc) is 3.00. The van der Waals surface area contributed by atoms with Crippen LogP contribution in [0.4, 0.5) is 5.69 Å². The smallest absolute Gasteiger partial charge is 0.231 e. The summed E-state index contributed by atoms with van der Waals surface area (Å²) >= 11 is 6.02. The SMILES string of the molecule is CCOc1cc2c(cc1C=Nc1cc(Cl)ccc1OC)OCO2. The van der Waals surface area contributed by atoms with E-state index in [4.69, 9.17) is 30.5 Å². The molecule has 0 unspecified atom stereocenters. The van der Waals surface area contributed by atoms with Gasteiger partial charge in [0.05, 0.1) is 13.7 Å². The average molecular weight is 334 g/mol. The van der Waals surface area contributed by atoms with E-state index < -0.39 is 0 Å². The molecule has 6 heteroatoms. The predicted molar refractivity (Wildman–Crippen MR) is 89.0 cm³/mol. The van der Waals surface area contributed by atoms with Gasteiger partial charge in [-0.2, -0.15) is 0 Å². The van der Waals surface area contributed by atoms with Gasteiger partial charge in [0.1, 0.15) is 17.2 Å². The van der Waals surface area contributed by atoms with Gasteiger partial charge < -0.3 is 18.9 Å². The zero-order valence-electron chi connectivity index (χ0n) is 12.8. The monoisotopic (exact) mass is 333 g/mol. The summed E-state index contributed by atoms with van der Waals surface area (Å²) in [7, 11) is 1.59. The Morgan fingerprint density at radius 1 is 1.17 bits per heavy atom. The van der Waals surface area contributed by atoms with Gasteiger partial charge in [0, 0.05) is 22.9 Å². The lowest BCUT2D eigenvalue weighted by molar-refractivity contribution is 0.174. The zero-order chi connectivity index (χ0) is 16.2. The highest BCUT2D eigenvalue weighted by molar-refractivity contribution is 6.30. The van der Waals surface area contributed by atoms with Gasteiger partial charge in [-0.25, -0.2) is 0 Å². The molecule has 1 aliphatic heterocycles. The second kappa shape index (κ2) is 6.79. The highest BCUT2D eigenvalue weighted by Crippen LogP contribution is 2.38. The molecule has 1 aliphatic rings. The Bertz CT molecular complexity index is 746. The third-order valence-corrected chi connectivity index (χ3v) is 3.52. The summed E-state index contributed by atoms with van der Waals surface area (Å²) in [4.78, 5) is 4.47. The molecule has 0 N–H and O–H groups in total. The molecule has 0 fully saturated rings. The first-order valence-corrected chi connectivity index (χ1v) is 7.53. The van der Waals surface area contributed by atoms with Gasteiger partial charge in [-0.15, -0.1) is 0 Å². The van der Waals surface area contributed by atoms with Crippen LogP contribution < -0.4 is 18.9 Å². The van der Waals surface area contributed by atoms with Crippen molar-refractivity contribution in [3.05, 3.63) is 40.9 Å². The summed E-state index contributed by atoms with van der Waals surface area (Å²) in [6.07, 6.45) is 1.70. The van der Waals surface area contributed by atoms with Crippen LogP contribution in [-0.2, 0) is 0 Å². The topological polar surface area (TPSA) is 49.3 Å². The van der Waals surface area contributed by atoms with Crippen molar-refractivity contribution in [2.24, 2.45) is 4.99 Å². The van der Waals surface area contributed by atoms with Crippen LogP contribution in [0.2, 0.25) is 5.02 Å². The Morgan fingerprint density at radius 2 is 1.96 bits per heavy atom. The third-order valence-electron chi connectivity index (χ3n) is 3.29. The maximum absolute atomic E-state index is 6.02. The fourth-order valence-corrected chi connectivity index (χ4v) is 2.39. The molecule has 0 radical (unpaired) electrons. The number of aliphatic imine (C=N–C) groups is 1. The van der Waals surface area contributed by atoms with Gasteiger partial charge in [0.15, 0.2) is 11.5 Å². The molecule has 23 heavy (non-hydrogen) atoms. The van der Waals surface area contributed by atoms with Crippen LogP contribution in [0.5, 0.6) is 23.0 Å². The van der Waals surface area contributed by atoms with Gasteiger partial charge in [-0.1, -0.05) is 11.6 Å². The molecule has 2 aromatic carbocycles. The molecule has 3 rings (SSSR count). The van der Waals surface area contributed by atoms with E-state index in [1.54, 1.807) is 31.5 Å². The highest BCUT2D eigenvalue weighted by atomic mass is 35.5. The van der Waals surface area contributed by atoms with Crippen LogP contribution in [0.25, 0.3) is 0 Å². The third kappa shape index (κ3) is 3.35. The van der Waals surface area contributed by atoms with Crippen molar-refractivity contribution in [3.8, 4) is 23.0 Å². The van der Waals surface area contributed by atoms with E-state index in [0.29, 0.717) is 40.3 Å². The Labute approximate surface area is 139 Å². The van der Waals surface area contributed by atoms with Crippen LogP contribution in [-0.4, -0.2) is 26.7 Å². The molecule has 0 aromatic heterocycles. The zero-order valence-corrected chi connectivity index (χ0v) is 13.6. The van der Waals surface area contributed by atoms with E-state index in [-0.39, 0.29) is 6.79 Å². The minimum atomic E-state index is 0.212. The Balaban J connectivity index is 1.97. The highest BCUT2D eigenvalue weighted by Gasteiger charge is 2.17. The number of ether oxygens (including phenoxy) is 4. The van der Waals surface area contributed by atoms with E-state index in [2.05, 4.69) is 4.99 Å². The van der Waals surface area contributed by atoms with Crippen molar-refractivity contribution in [1.82, 2.24) is 0 Å². The summed E-state index contributed by atoms with van der Waals surface area (Å²) in [6.45, 7) is 2.68. The van der Waals surface area contributed by atoms with Crippen molar-refractivity contribution in [2.45, 2.75) is 6.92 Å². The van der Waals surface area contributed by atoms with E-state index in [1.165, 1.54) is 0 Å². The molecule has 0 atom stereocenters. The number of nitrogens with zero attached hydrogens (tertiary/aromatic N) is 1. The molecule has 0 saturated carbocycles. The maximum atomic E-state index is 6.02. The van der Waals surface area contributed by atoms with Crippen LogP contribution in [0, 0.1) is 0 Å². The van der Waals surface area contributed by atoms with Crippen molar-refractivity contribution in [3.63, 3.8) is 0 Å². The fourth-order valence-electron chi connectivity index (χ4n) is 2.22. The molecule has 0 aliphatic carbocycles. The molecule has 2 aromatic rings. The van der Waals surface area contributed by atoms with Crippen LogP contribution in [0.15, 0.2) is 35.3 Å². The summed E-state index contributed by atoms with van der Waals surface area (Å²) in [5.41, 5.74) is 1.43. The second-order valence-corrected chi connectivity index (χ2v) is 5.19. The van der Waals surface area contributed by atoms with Gasteiger partial charge in [-0.3, -0.25) is 4.99 Å². The first kappa shape index (κ1) is 15.5. The van der Waals surface area contributed by atoms with Gasteiger partial charge >= 0.3 is 0 Å². The molecule has 5 nitrogen and oxygen atoms in total. The molecule has 1 heterocycles. The Kier molecular flexibility index (Phi) is 4.57. The minimum Gasteiger partial charge on any atom is -0.494 e. The molecule has 0 bridgehead atoms. The van der Waals surface area contributed by atoms with Crippen LogP contribution in [0.3, 0.4) is 0 Å².